The molecule has 6 nitrogen and oxygen atoms in total. The van der Waals surface area contributed by atoms with E-state index in [-0.39, 0.29) is 33.2 Å². The molecule has 0 saturated heterocycles. The summed E-state index contributed by atoms with van der Waals surface area (Å²) in [7, 11) is 0. The van der Waals surface area contributed by atoms with Crippen LogP contribution in [-0.4, -0.2) is 29.6 Å². The van der Waals surface area contributed by atoms with Crippen LogP contribution in [0.15, 0.2) is 6.07 Å². The Labute approximate surface area is 158 Å². The first-order valence-electron chi connectivity index (χ1n) is 7.61. The first-order chi connectivity index (χ1) is 11.8. The van der Waals surface area contributed by atoms with E-state index in [4.69, 9.17) is 44.6 Å². The molecule has 1 aromatic rings. The van der Waals surface area contributed by atoms with Gasteiger partial charge >= 0.3 is 17.9 Å². The Morgan fingerprint density at radius 1 is 1.08 bits per heavy atom. The third-order valence-corrected chi connectivity index (χ3v) is 4.94. The first kappa shape index (κ1) is 19.8. The normalized spacial score (nSPS) is 14.8. The summed E-state index contributed by atoms with van der Waals surface area (Å²) in [5, 5.41) is 8.16. The number of carboxylic acids is 1. The lowest BCUT2D eigenvalue weighted by Crippen LogP contribution is -2.22. The Balaban J connectivity index is 2.25. The molecule has 0 aromatic heterocycles. The number of hydrogen-bond donors (Lipinski definition) is 1. The van der Waals surface area contributed by atoms with Gasteiger partial charge in [0.05, 0.1) is 21.7 Å². The molecular formula is C16H15Cl3O6. The molecule has 1 fully saturated rings. The van der Waals surface area contributed by atoms with Crippen molar-refractivity contribution >= 4 is 52.7 Å². The van der Waals surface area contributed by atoms with Gasteiger partial charge in [-0.2, -0.15) is 0 Å². The van der Waals surface area contributed by atoms with Crippen LogP contribution in [0.1, 0.15) is 42.5 Å². The topological polar surface area (TPSA) is 89.9 Å². The standard InChI is InChI=1S/C16H15Cl3O6/c17-9-6-10(18)13(25-16(23)14(20)21)11(12(9)19)15(22)24-7-8-4-2-1-3-5-8/h6,8H,1-5,7H2,(H,20,21). The van der Waals surface area contributed by atoms with E-state index in [9.17, 15) is 14.4 Å². The van der Waals surface area contributed by atoms with Crippen molar-refractivity contribution in [2.45, 2.75) is 32.1 Å². The number of carbonyl (C=O) groups is 3. The number of aliphatic carboxylic acids is 1. The van der Waals surface area contributed by atoms with E-state index in [2.05, 4.69) is 4.74 Å². The minimum Gasteiger partial charge on any atom is -0.473 e. The number of rotatable bonds is 4. The Morgan fingerprint density at radius 2 is 1.72 bits per heavy atom. The molecule has 0 heterocycles. The number of esters is 2. The Bertz CT molecular complexity index is 698. The largest absolute Gasteiger partial charge is 0.473 e. The minimum atomic E-state index is -1.84. The van der Waals surface area contributed by atoms with Gasteiger partial charge in [-0.3, -0.25) is 0 Å². The summed E-state index contributed by atoms with van der Waals surface area (Å²) in [6.45, 7) is 0.186. The summed E-state index contributed by atoms with van der Waals surface area (Å²) < 4.78 is 9.93. The number of halogens is 3. The lowest BCUT2D eigenvalue weighted by molar-refractivity contribution is -0.158. The van der Waals surface area contributed by atoms with Crippen LogP contribution in [0.25, 0.3) is 0 Å². The second-order valence-electron chi connectivity index (χ2n) is 5.66. The van der Waals surface area contributed by atoms with E-state index in [1.165, 1.54) is 0 Å². The molecule has 1 N–H and O–H groups in total. The number of hydrogen-bond acceptors (Lipinski definition) is 5. The van der Waals surface area contributed by atoms with Gasteiger partial charge in [-0.15, -0.1) is 0 Å². The van der Waals surface area contributed by atoms with Crippen LogP contribution in [0.2, 0.25) is 15.1 Å². The highest BCUT2D eigenvalue weighted by Crippen LogP contribution is 2.40. The molecule has 1 aromatic carbocycles. The second-order valence-corrected chi connectivity index (χ2v) is 6.85. The van der Waals surface area contributed by atoms with Crippen LogP contribution in [-0.2, 0) is 14.3 Å². The van der Waals surface area contributed by atoms with E-state index in [0.29, 0.717) is 0 Å². The van der Waals surface area contributed by atoms with Gasteiger partial charge in [0, 0.05) is 0 Å². The van der Waals surface area contributed by atoms with Gasteiger partial charge in [0.25, 0.3) is 0 Å². The third-order valence-electron chi connectivity index (χ3n) is 3.87. The van der Waals surface area contributed by atoms with Crippen molar-refractivity contribution in [1.82, 2.24) is 0 Å². The Hall–Kier alpha value is -1.50. The van der Waals surface area contributed by atoms with Gasteiger partial charge in [-0.25, -0.2) is 14.4 Å². The summed E-state index contributed by atoms with van der Waals surface area (Å²) >= 11 is 17.8. The molecule has 0 amide bonds. The maximum absolute atomic E-state index is 12.4. The predicted molar refractivity (Wildman–Crippen MR) is 91.6 cm³/mol. The van der Waals surface area contributed by atoms with Crippen LogP contribution < -0.4 is 4.74 Å². The second kappa shape index (κ2) is 8.74. The molecule has 0 aliphatic heterocycles. The molecule has 1 aliphatic carbocycles. The Morgan fingerprint density at radius 3 is 2.32 bits per heavy atom. The zero-order chi connectivity index (χ0) is 18.6. The molecule has 2 rings (SSSR count). The number of ether oxygens (including phenoxy) is 2. The highest BCUT2D eigenvalue weighted by molar-refractivity contribution is 6.46. The van der Waals surface area contributed by atoms with Crippen LogP contribution in [0.3, 0.4) is 0 Å². The minimum absolute atomic E-state index is 0.0496. The maximum atomic E-state index is 12.4. The zero-order valence-electron chi connectivity index (χ0n) is 13.0. The summed E-state index contributed by atoms with van der Waals surface area (Å²) in [4.78, 5) is 34.4. The monoisotopic (exact) mass is 408 g/mol. The fourth-order valence-electron chi connectivity index (χ4n) is 2.62. The van der Waals surface area contributed by atoms with Gasteiger partial charge in [-0.1, -0.05) is 54.1 Å². The average Bonchev–Trinajstić information content (AvgIpc) is 2.58. The highest BCUT2D eigenvalue weighted by atomic mass is 35.5. The predicted octanol–water partition coefficient (Wildman–Crippen LogP) is 4.37. The van der Waals surface area contributed by atoms with Crippen LogP contribution in [0.5, 0.6) is 5.75 Å². The maximum Gasteiger partial charge on any atom is 0.422 e. The summed E-state index contributed by atoms with van der Waals surface area (Å²) in [5.41, 5.74) is -0.371. The lowest BCUT2D eigenvalue weighted by Gasteiger charge is -2.21. The Kier molecular flexibility index (Phi) is 6.93. The van der Waals surface area contributed by atoms with E-state index >= 15 is 0 Å². The SMILES string of the molecule is O=C(O)C(=O)Oc1c(Cl)cc(Cl)c(Cl)c1C(=O)OCC1CCCCC1. The van der Waals surface area contributed by atoms with Crippen LogP contribution in [0, 0.1) is 5.92 Å². The molecule has 136 valence electrons. The zero-order valence-corrected chi connectivity index (χ0v) is 15.3. The number of carboxylic acid groups (broad SMARTS) is 1. The van der Waals surface area contributed by atoms with Crippen LogP contribution >= 0.6 is 34.8 Å². The van der Waals surface area contributed by atoms with E-state index in [1.807, 2.05) is 0 Å². The first-order valence-corrected chi connectivity index (χ1v) is 8.74. The molecule has 0 atom stereocenters. The molecule has 1 saturated carbocycles. The molecule has 0 spiro atoms. The van der Waals surface area contributed by atoms with Gasteiger partial charge in [0.15, 0.2) is 5.75 Å². The number of carbonyl (C=O) groups excluding carboxylic acids is 2. The van der Waals surface area contributed by atoms with Crippen LogP contribution in [0.4, 0.5) is 0 Å². The summed E-state index contributed by atoms with van der Waals surface area (Å²) in [6.07, 6.45) is 5.23. The van der Waals surface area contributed by atoms with Crippen molar-refractivity contribution in [2.24, 2.45) is 5.92 Å². The van der Waals surface area contributed by atoms with Crippen molar-refractivity contribution in [3.05, 3.63) is 26.7 Å². The van der Waals surface area contributed by atoms with Crippen molar-refractivity contribution in [3.8, 4) is 5.75 Å². The van der Waals surface area contributed by atoms with Crippen molar-refractivity contribution in [3.63, 3.8) is 0 Å². The van der Waals surface area contributed by atoms with Gasteiger partial charge in [-0.05, 0) is 24.8 Å². The smallest absolute Gasteiger partial charge is 0.422 e. The molecule has 1 aliphatic rings. The molecule has 0 radical (unpaired) electrons. The fourth-order valence-corrected chi connectivity index (χ4v) is 3.34. The molecule has 25 heavy (non-hydrogen) atoms. The van der Waals surface area contributed by atoms with Crippen molar-refractivity contribution in [2.75, 3.05) is 6.61 Å². The third kappa shape index (κ3) is 5.00. The van der Waals surface area contributed by atoms with Crippen molar-refractivity contribution < 1.29 is 29.0 Å². The van der Waals surface area contributed by atoms with Gasteiger partial charge in [0.2, 0.25) is 0 Å². The molecule has 9 heteroatoms. The summed E-state index contributed by atoms with van der Waals surface area (Å²) in [5.74, 6) is -4.58. The molecule has 0 bridgehead atoms. The van der Waals surface area contributed by atoms with Crippen molar-refractivity contribution in [1.29, 1.82) is 0 Å². The average molecular weight is 410 g/mol. The lowest BCUT2D eigenvalue weighted by atomic mass is 9.90. The summed E-state index contributed by atoms with van der Waals surface area (Å²) in [6, 6.07) is 1.15. The van der Waals surface area contributed by atoms with Gasteiger partial charge in [0.1, 0.15) is 5.56 Å². The van der Waals surface area contributed by atoms with Gasteiger partial charge < -0.3 is 14.6 Å². The number of benzene rings is 1. The van der Waals surface area contributed by atoms with E-state index in [1.54, 1.807) is 0 Å². The molecular weight excluding hydrogens is 395 g/mol. The molecule has 0 unspecified atom stereocenters. The van der Waals surface area contributed by atoms with E-state index < -0.39 is 23.7 Å². The van der Waals surface area contributed by atoms with E-state index in [0.717, 1.165) is 38.2 Å². The fraction of sp³-hybridized carbons (Fsp3) is 0.438. The quantitative estimate of drug-likeness (QED) is 0.344. The highest BCUT2D eigenvalue weighted by Gasteiger charge is 2.28.